The van der Waals surface area contributed by atoms with Gasteiger partial charge < -0.3 is 15.4 Å². The number of hydrogen-bond donors (Lipinski definition) is 2. The van der Waals surface area contributed by atoms with E-state index in [1.807, 2.05) is 0 Å². The Balaban J connectivity index is 0.00000144. The molecule has 0 spiro atoms. The highest BCUT2D eigenvalue weighted by Gasteiger charge is 2.38. The normalized spacial score (nSPS) is 32.7. The van der Waals surface area contributed by atoms with Crippen molar-refractivity contribution in [3.63, 3.8) is 0 Å². The first kappa shape index (κ1) is 22.0. The van der Waals surface area contributed by atoms with E-state index in [0.717, 1.165) is 38.6 Å². The number of carbonyl (C=O) groups is 1. The van der Waals surface area contributed by atoms with Gasteiger partial charge in [-0.05, 0) is 39.0 Å². The summed E-state index contributed by atoms with van der Waals surface area (Å²) in [6, 6.07) is 1.13. The molecule has 2 aliphatic heterocycles. The van der Waals surface area contributed by atoms with Crippen molar-refractivity contribution in [1.29, 1.82) is 0 Å². The second-order valence-corrected chi connectivity index (χ2v) is 7.29. The van der Waals surface area contributed by atoms with Gasteiger partial charge in [0.25, 0.3) is 0 Å². The number of nitrogens with one attached hydrogen (secondary N) is 2. The Hall–Kier alpha value is -0.0700. The smallest absolute Gasteiger partial charge is 0.237 e. The van der Waals surface area contributed by atoms with E-state index in [0.29, 0.717) is 12.1 Å². The predicted molar refractivity (Wildman–Crippen MR) is 101 cm³/mol. The summed E-state index contributed by atoms with van der Waals surface area (Å²) in [7, 11) is 0. The first-order chi connectivity index (χ1) is 10.6. The lowest BCUT2D eigenvalue weighted by molar-refractivity contribution is -0.124. The topological polar surface area (TPSA) is 53.6 Å². The molecule has 2 saturated heterocycles. The largest absolute Gasteiger partial charge is 0.379 e. The summed E-state index contributed by atoms with van der Waals surface area (Å²) >= 11 is 0. The molecule has 2 N–H and O–H groups in total. The third-order valence-electron chi connectivity index (χ3n) is 5.89. The minimum Gasteiger partial charge on any atom is -0.379 e. The molecule has 1 saturated carbocycles. The number of amides is 1. The summed E-state index contributed by atoms with van der Waals surface area (Å²) in [6.07, 6.45) is 6.21. The monoisotopic (exact) mass is 381 g/mol. The third-order valence-corrected chi connectivity index (χ3v) is 5.89. The SMILES string of the molecule is CC(NC(=O)C1CC2CCCCC2N1)C(C)N1CCOCC1.Cl.Cl. The molecule has 3 aliphatic rings. The van der Waals surface area contributed by atoms with Gasteiger partial charge >= 0.3 is 0 Å². The van der Waals surface area contributed by atoms with E-state index in [2.05, 4.69) is 29.4 Å². The minimum absolute atomic E-state index is 0. The van der Waals surface area contributed by atoms with Crippen molar-refractivity contribution >= 4 is 30.7 Å². The van der Waals surface area contributed by atoms with Crippen molar-refractivity contribution in [2.75, 3.05) is 26.3 Å². The molecule has 0 aromatic rings. The number of ether oxygens (including phenoxy) is 1. The highest BCUT2D eigenvalue weighted by Crippen LogP contribution is 2.33. The van der Waals surface area contributed by atoms with E-state index < -0.39 is 0 Å². The molecule has 3 fully saturated rings. The summed E-state index contributed by atoms with van der Waals surface area (Å²) in [5, 5.41) is 6.82. The molecule has 24 heavy (non-hydrogen) atoms. The van der Waals surface area contributed by atoms with E-state index in [1.54, 1.807) is 0 Å². The van der Waals surface area contributed by atoms with Crippen molar-refractivity contribution in [2.45, 2.75) is 70.1 Å². The molecular weight excluding hydrogens is 349 g/mol. The van der Waals surface area contributed by atoms with E-state index in [-0.39, 0.29) is 42.8 Å². The first-order valence-electron chi connectivity index (χ1n) is 9.03. The van der Waals surface area contributed by atoms with E-state index in [9.17, 15) is 4.79 Å². The van der Waals surface area contributed by atoms with E-state index in [1.165, 1.54) is 25.7 Å². The average Bonchev–Trinajstić information content (AvgIpc) is 2.99. The molecule has 0 aromatic carbocycles. The Morgan fingerprint density at radius 2 is 1.83 bits per heavy atom. The molecule has 7 heteroatoms. The molecule has 2 heterocycles. The van der Waals surface area contributed by atoms with Crippen molar-refractivity contribution in [1.82, 2.24) is 15.5 Å². The number of carbonyl (C=O) groups excluding carboxylic acids is 1. The second-order valence-electron chi connectivity index (χ2n) is 7.29. The fourth-order valence-corrected chi connectivity index (χ4v) is 4.27. The van der Waals surface area contributed by atoms with Crippen molar-refractivity contribution < 1.29 is 9.53 Å². The number of hydrogen-bond acceptors (Lipinski definition) is 4. The molecule has 1 amide bonds. The van der Waals surface area contributed by atoms with Crippen LogP contribution in [0.1, 0.15) is 46.0 Å². The van der Waals surface area contributed by atoms with Crippen LogP contribution in [-0.4, -0.2) is 61.3 Å². The fourth-order valence-electron chi connectivity index (χ4n) is 4.27. The van der Waals surface area contributed by atoms with E-state index in [4.69, 9.17) is 4.74 Å². The van der Waals surface area contributed by atoms with Crippen molar-refractivity contribution in [3.05, 3.63) is 0 Å². The fraction of sp³-hybridized carbons (Fsp3) is 0.941. The summed E-state index contributed by atoms with van der Waals surface area (Å²) in [6.45, 7) is 7.87. The maximum absolute atomic E-state index is 12.6. The van der Waals surface area contributed by atoms with Crippen LogP contribution in [0, 0.1) is 5.92 Å². The van der Waals surface area contributed by atoms with Gasteiger partial charge in [0, 0.05) is 31.2 Å². The van der Waals surface area contributed by atoms with Crippen LogP contribution in [0.5, 0.6) is 0 Å². The molecule has 0 radical (unpaired) electrons. The Bertz CT molecular complexity index is 380. The highest BCUT2D eigenvalue weighted by atomic mass is 35.5. The van der Waals surface area contributed by atoms with Gasteiger partial charge in [-0.3, -0.25) is 9.69 Å². The number of nitrogens with zero attached hydrogens (tertiary/aromatic N) is 1. The number of halogens is 2. The number of morpholine rings is 1. The van der Waals surface area contributed by atoms with Gasteiger partial charge in [0.2, 0.25) is 5.91 Å². The maximum atomic E-state index is 12.6. The molecule has 0 aromatic heterocycles. The van der Waals surface area contributed by atoms with Gasteiger partial charge in [0.05, 0.1) is 19.3 Å². The quantitative estimate of drug-likeness (QED) is 0.781. The summed E-state index contributed by atoms with van der Waals surface area (Å²) in [5.41, 5.74) is 0. The lowest BCUT2D eigenvalue weighted by Gasteiger charge is -2.36. The van der Waals surface area contributed by atoms with E-state index >= 15 is 0 Å². The molecule has 5 nitrogen and oxygen atoms in total. The van der Waals surface area contributed by atoms with Gasteiger partial charge in [0.15, 0.2) is 0 Å². The molecular formula is C17H33Cl2N3O2. The van der Waals surface area contributed by atoms with Gasteiger partial charge in [-0.15, -0.1) is 24.8 Å². The number of rotatable bonds is 4. The zero-order valence-electron chi connectivity index (χ0n) is 14.8. The summed E-state index contributed by atoms with van der Waals surface area (Å²) < 4.78 is 5.41. The van der Waals surface area contributed by atoms with Crippen LogP contribution in [0.2, 0.25) is 0 Å². The number of fused-ring (bicyclic) bond motifs is 1. The van der Waals surface area contributed by atoms with Crippen LogP contribution in [-0.2, 0) is 9.53 Å². The Morgan fingerprint density at radius 3 is 2.50 bits per heavy atom. The Morgan fingerprint density at radius 1 is 1.17 bits per heavy atom. The summed E-state index contributed by atoms with van der Waals surface area (Å²) in [4.78, 5) is 15.0. The van der Waals surface area contributed by atoms with Crippen LogP contribution < -0.4 is 10.6 Å². The van der Waals surface area contributed by atoms with Crippen LogP contribution >= 0.6 is 24.8 Å². The van der Waals surface area contributed by atoms with Gasteiger partial charge in [0.1, 0.15) is 0 Å². The maximum Gasteiger partial charge on any atom is 0.237 e. The van der Waals surface area contributed by atoms with Crippen molar-refractivity contribution in [3.8, 4) is 0 Å². The third kappa shape index (κ3) is 5.21. The molecule has 142 valence electrons. The molecule has 5 atom stereocenters. The Kier molecular flexibility index (Phi) is 9.31. The zero-order chi connectivity index (χ0) is 15.5. The molecule has 3 rings (SSSR count). The van der Waals surface area contributed by atoms with Crippen LogP contribution in [0.15, 0.2) is 0 Å². The molecule has 0 bridgehead atoms. The molecule has 5 unspecified atom stereocenters. The van der Waals surface area contributed by atoms with Crippen molar-refractivity contribution in [2.24, 2.45) is 5.92 Å². The standard InChI is InChI=1S/C17H31N3O2.2ClH/c1-12(13(2)20-7-9-22-10-8-20)18-17(21)16-11-14-5-3-4-6-15(14)19-16;;/h12-16,19H,3-11H2,1-2H3,(H,18,21);2*1H. The zero-order valence-corrected chi connectivity index (χ0v) is 16.5. The van der Waals surface area contributed by atoms with Gasteiger partial charge in [-0.1, -0.05) is 12.8 Å². The first-order valence-corrected chi connectivity index (χ1v) is 9.03. The van der Waals surface area contributed by atoms with Gasteiger partial charge in [-0.25, -0.2) is 0 Å². The summed E-state index contributed by atoms with van der Waals surface area (Å²) in [5.74, 6) is 0.915. The predicted octanol–water partition coefficient (Wildman–Crippen LogP) is 1.98. The van der Waals surface area contributed by atoms with Gasteiger partial charge in [-0.2, -0.15) is 0 Å². The second kappa shape index (κ2) is 10.2. The van der Waals surface area contributed by atoms with Crippen LogP contribution in [0.3, 0.4) is 0 Å². The molecule has 1 aliphatic carbocycles. The van der Waals surface area contributed by atoms with Crippen LogP contribution in [0.4, 0.5) is 0 Å². The lowest BCUT2D eigenvalue weighted by Crippen LogP contribution is -2.54. The Labute approximate surface area is 158 Å². The minimum atomic E-state index is 0. The highest BCUT2D eigenvalue weighted by molar-refractivity contribution is 5.85. The lowest BCUT2D eigenvalue weighted by atomic mass is 9.85. The average molecular weight is 382 g/mol. The van der Waals surface area contributed by atoms with Crippen LogP contribution in [0.25, 0.3) is 0 Å².